The van der Waals surface area contributed by atoms with Crippen molar-refractivity contribution in [2.75, 3.05) is 6.54 Å². The van der Waals surface area contributed by atoms with Gasteiger partial charge in [-0.2, -0.15) is 0 Å². The molecule has 4 heteroatoms. The molecule has 1 heterocycles. The summed E-state index contributed by atoms with van der Waals surface area (Å²) in [5.74, 6) is 0. The lowest BCUT2D eigenvalue weighted by Crippen LogP contribution is -2.14. The van der Waals surface area contributed by atoms with E-state index in [-0.39, 0.29) is 0 Å². The molecule has 0 amide bonds. The van der Waals surface area contributed by atoms with Crippen LogP contribution in [0.15, 0.2) is 16.5 Å². The topological polar surface area (TPSA) is 52.8 Å². The van der Waals surface area contributed by atoms with Crippen LogP contribution in [0.3, 0.4) is 0 Å². The second kappa shape index (κ2) is 2.11. The molecule has 1 rings (SSSR count). The summed E-state index contributed by atoms with van der Waals surface area (Å²) >= 11 is 0. The Morgan fingerprint density at radius 3 is 2.62 bits per heavy atom. The van der Waals surface area contributed by atoms with Gasteiger partial charge in [0, 0.05) is 6.21 Å². The second-order valence-corrected chi connectivity index (χ2v) is 1.57. The molecule has 1 aliphatic rings. The first kappa shape index (κ1) is 5.53. The van der Waals surface area contributed by atoms with Gasteiger partial charge < -0.3 is 10.0 Å². The highest BCUT2D eigenvalue weighted by atomic mass is 16.4. The summed E-state index contributed by atoms with van der Waals surface area (Å²) in [6, 6.07) is 0. The maximum Gasteiger partial charge on any atom is 0.489 e. The fourth-order valence-corrected chi connectivity index (χ4v) is 0.541. The zero-order valence-corrected chi connectivity index (χ0v) is 4.28. The highest BCUT2D eigenvalue weighted by Gasteiger charge is 2.13. The SMILES string of the molecule is OB(O)C1=CCN=C1. The van der Waals surface area contributed by atoms with Crippen LogP contribution in [0.4, 0.5) is 0 Å². The molecule has 0 bridgehead atoms. The Bertz CT molecular complexity index is 141. The van der Waals surface area contributed by atoms with E-state index in [1.807, 2.05) is 0 Å². The van der Waals surface area contributed by atoms with E-state index in [9.17, 15) is 0 Å². The van der Waals surface area contributed by atoms with Crippen molar-refractivity contribution in [3.8, 4) is 0 Å². The first-order valence-corrected chi connectivity index (χ1v) is 2.37. The molecule has 2 N–H and O–H groups in total. The molecule has 0 unspecified atom stereocenters. The van der Waals surface area contributed by atoms with Crippen molar-refractivity contribution in [3.63, 3.8) is 0 Å². The molecular weight excluding hydrogens is 105 g/mol. The van der Waals surface area contributed by atoms with Gasteiger partial charge in [-0.05, 0) is 5.47 Å². The minimum absolute atomic E-state index is 0.491. The van der Waals surface area contributed by atoms with Gasteiger partial charge in [-0.25, -0.2) is 0 Å². The van der Waals surface area contributed by atoms with Crippen LogP contribution in [0.1, 0.15) is 0 Å². The van der Waals surface area contributed by atoms with E-state index in [0.717, 1.165) is 0 Å². The Labute approximate surface area is 47.5 Å². The Hall–Kier alpha value is -0.605. The fourth-order valence-electron chi connectivity index (χ4n) is 0.541. The predicted octanol–water partition coefficient (Wildman–Crippen LogP) is -0.991. The van der Waals surface area contributed by atoms with E-state index in [2.05, 4.69) is 4.99 Å². The van der Waals surface area contributed by atoms with Gasteiger partial charge in [0.1, 0.15) is 0 Å². The van der Waals surface area contributed by atoms with Crippen LogP contribution in [-0.4, -0.2) is 29.9 Å². The lowest BCUT2D eigenvalue weighted by Gasteiger charge is -1.89. The summed E-state index contributed by atoms with van der Waals surface area (Å²) in [6.45, 7) is 0.576. The average molecular weight is 111 g/mol. The van der Waals surface area contributed by atoms with E-state index in [1.54, 1.807) is 6.08 Å². The molecule has 1 aliphatic heterocycles. The van der Waals surface area contributed by atoms with Gasteiger partial charge in [0.2, 0.25) is 0 Å². The van der Waals surface area contributed by atoms with E-state index < -0.39 is 7.12 Å². The van der Waals surface area contributed by atoms with Gasteiger partial charge >= 0.3 is 7.12 Å². The molecule has 0 atom stereocenters. The molecule has 0 spiro atoms. The minimum atomic E-state index is -1.35. The normalized spacial score (nSPS) is 16.5. The number of aliphatic imine (C=N–C) groups is 1. The predicted molar refractivity (Wildman–Crippen MR) is 31.6 cm³/mol. The summed E-state index contributed by atoms with van der Waals surface area (Å²) in [4.78, 5) is 3.75. The van der Waals surface area contributed by atoms with E-state index >= 15 is 0 Å². The molecule has 3 nitrogen and oxygen atoms in total. The van der Waals surface area contributed by atoms with Gasteiger partial charge in [0.15, 0.2) is 0 Å². The van der Waals surface area contributed by atoms with Crippen molar-refractivity contribution < 1.29 is 10.0 Å². The Morgan fingerprint density at radius 1 is 1.62 bits per heavy atom. The number of hydrogen-bond donors (Lipinski definition) is 2. The monoisotopic (exact) mass is 111 g/mol. The van der Waals surface area contributed by atoms with Gasteiger partial charge in [-0.3, -0.25) is 4.99 Å². The largest absolute Gasteiger partial charge is 0.489 e. The molecule has 0 radical (unpaired) electrons. The van der Waals surface area contributed by atoms with Crippen LogP contribution in [0.5, 0.6) is 0 Å². The lowest BCUT2D eigenvalue weighted by molar-refractivity contribution is 0.422. The summed E-state index contributed by atoms with van der Waals surface area (Å²) in [5, 5.41) is 16.9. The van der Waals surface area contributed by atoms with E-state index in [1.165, 1.54) is 6.21 Å². The van der Waals surface area contributed by atoms with Crippen molar-refractivity contribution in [1.82, 2.24) is 0 Å². The molecule has 0 saturated carbocycles. The highest BCUT2D eigenvalue weighted by Crippen LogP contribution is 1.98. The van der Waals surface area contributed by atoms with Crippen molar-refractivity contribution in [1.29, 1.82) is 0 Å². The Kier molecular flexibility index (Phi) is 1.46. The Morgan fingerprint density at radius 2 is 2.38 bits per heavy atom. The van der Waals surface area contributed by atoms with Crippen LogP contribution >= 0.6 is 0 Å². The summed E-state index contributed by atoms with van der Waals surface area (Å²) in [7, 11) is -1.35. The lowest BCUT2D eigenvalue weighted by atomic mass is 9.81. The number of nitrogens with zero attached hydrogens (tertiary/aromatic N) is 1. The van der Waals surface area contributed by atoms with Crippen LogP contribution in [0.2, 0.25) is 0 Å². The molecule has 8 heavy (non-hydrogen) atoms. The molecular formula is C4H6BNO2. The molecule has 0 aromatic rings. The van der Waals surface area contributed by atoms with Gasteiger partial charge in [0.05, 0.1) is 6.54 Å². The summed E-state index contributed by atoms with van der Waals surface area (Å²) in [5.41, 5.74) is 0.491. The highest BCUT2D eigenvalue weighted by molar-refractivity contribution is 6.57. The zero-order chi connectivity index (χ0) is 5.98. The first-order chi connectivity index (χ1) is 3.80. The maximum absolute atomic E-state index is 8.45. The zero-order valence-electron chi connectivity index (χ0n) is 4.28. The number of hydrogen-bond acceptors (Lipinski definition) is 3. The first-order valence-electron chi connectivity index (χ1n) is 2.37. The van der Waals surface area contributed by atoms with Gasteiger partial charge in [-0.1, -0.05) is 6.08 Å². The van der Waals surface area contributed by atoms with E-state index in [0.29, 0.717) is 12.0 Å². The summed E-state index contributed by atoms with van der Waals surface area (Å²) in [6.07, 6.45) is 3.13. The van der Waals surface area contributed by atoms with E-state index in [4.69, 9.17) is 10.0 Å². The minimum Gasteiger partial charge on any atom is -0.423 e. The van der Waals surface area contributed by atoms with Crippen molar-refractivity contribution >= 4 is 13.3 Å². The third-order valence-corrected chi connectivity index (χ3v) is 0.971. The van der Waals surface area contributed by atoms with Gasteiger partial charge in [-0.15, -0.1) is 0 Å². The number of rotatable bonds is 1. The number of allylic oxidation sites excluding steroid dienone is 1. The molecule has 0 fully saturated rings. The fraction of sp³-hybridized carbons (Fsp3) is 0.250. The molecule has 0 saturated heterocycles. The summed E-state index contributed by atoms with van der Waals surface area (Å²) < 4.78 is 0. The average Bonchev–Trinajstić information content (AvgIpc) is 2.12. The quantitative estimate of drug-likeness (QED) is 0.426. The van der Waals surface area contributed by atoms with Crippen molar-refractivity contribution in [3.05, 3.63) is 11.5 Å². The smallest absolute Gasteiger partial charge is 0.423 e. The van der Waals surface area contributed by atoms with Crippen LogP contribution in [0.25, 0.3) is 0 Å². The van der Waals surface area contributed by atoms with Crippen molar-refractivity contribution in [2.24, 2.45) is 4.99 Å². The van der Waals surface area contributed by atoms with Crippen LogP contribution in [-0.2, 0) is 0 Å². The molecule has 42 valence electrons. The van der Waals surface area contributed by atoms with Crippen LogP contribution < -0.4 is 0 Å². The second-order valence-electron chi connectivity index (χ2n) is 1.57. The third kappa shape index (κ3) is 0.964. The van der Waals surface area contributed by atoms with Crippen LogP contribution in [0, 0.1) is 0 Å². The Balaban J connectivity index is 2.58. The molecule has 0 aromatic carbocycles. The van der Waals surface area contributed by atoms with Gasteiger partial charge in [0.25, 0.3) is 0 Å². The molecule has 0 aromatic heterocycles. The third-order valence-electron chi connectivity index (χ3n) is 0.971. The van der Waals surface area contributed by atoms with Crippen molar-refractivity contribution in [2.45, 2.75) is 0 Å². The molecule has 0 aliphatic carbocycles. The standard InChI is InChI=1S/C4H6BNO2/c7-5(8)4-1-2-6-3-4/h1,3,7-8H,2H2. The maximum atomic E-state index is 8.45.